The minimum absolute atomic E-state index is 0.0475. The summed E-state index contributed by atoms with van der Waals surface area (Å²) < 4.78 is 5.22. The van der Waals surface area contributed by atoms with Crippen LogP contribution in [-0.2, 0) is 9.59 Å². The van der Waals surface area contributed by atoms with Crippen LogP contribution >= 0.6 is 11.6 Å². The summed E-state index contributed by atoms with van der Waals surface area (Å²) in [6.07, 6.45) is 1.58. The van der Waals surface area contributed by atoms with Crippen molar-refractivity contribution in [1.29, 1.82) is 0 Å². The molecule has 3 aromatic rings. The Kier molecular flexibility index (Phi) is 5.48. The second-order valence-corrected chi connectivity index (χ2v) is 7.52. The fourth-order valence-corrected chi connectivity index (χ4v) is 3.78. The lowest BCUT2D eigenvalue weighted by Crippen LogP contribution is -2.29. The summed E-state index contributed by atoms with van der Waals surface area (Å²) in [5.41, 5.74) is 2.28. The molecule has 0 bridgehead atoms. The highest BCUT2D eigenvalue weighted by Gasteiger charge is 2.47. The molecule has 1 N–H and O–H groups in total. The summed E-state index contributed by atoms with van der Waals surface area (Å²) in [6.45, 7) is 1.93. The SMILES string of the molecule is COc1cc(/C(O)=C2/C(=O)C(=O)N(c3ccc(C)cc3)C2c2ccccn2)ccc1Cl. The number of halogens is 1. The number of rotatable bonds is 4. The number of aliphatic hydroxyl groups is 1. The molecule has 0 aliphatic carbocycles. The van der Waals surface area contributed by atoms with Crippen molar-refractivity contribution in [3.8, 4) is 5.75 Å². The zero-order chi connectivity index (χ0) is 22.1. The van der Waals surface area contributed by atoms with E-state index < -0.39 is 17.7 Å². The van der Waals surface area contributed by atoms with Crippen molar-refractivity contribution in [3.05, 3.63) is 94.3 Å². The van der Waals surface area contributed by atoms with Crippen LogP contribution in [0.25, 0.3) is 5.76 Å². The topological polar surface area (TPSA) is 79.7 Å². The number of Topliss-reactive ketones (excluding diaryl/α,β-unsaturated/α-hetero) is 1. The van der Waals surface area contributed by atoms with Crippen LogP contribution in [0, 0.1) is 6.92 Å². The van der Waals surface area contributed by atoms with Crippen molar-refractivity contribution >= 4 is 34.7 Å². The number of nitrogens with zero attached hydrogens (tertiary/aromatic N) is 2. The molecule has 1 aliphatic heterocycles. The van der Waals surface area contributed by atoms with Gasteiger partial charge in [-0.2, -0.15) is 0 Å². The van der Waals surface area contributed by atoms with Gasteiger partial charge < -0.3 is 9.84 Å². The van der Waals surface area contributed by atoms with Crippen molar-refractivity contribution in [2.75, 3.05) is 12.0 Å². The van der Waals surface area contributed by atoms with Crippen LogP contribution in [0.15, 0.2) is 72.4 Å². The molecule has 1 atom stereocenters. The molecule has 4 rings (SSSR count). The number of pyridine rings is 1. The Hall–Kier alpha value is -3.64. The standard InChI is InChI=1S/C24H19ClN2O4/c1-14-6-9-16(10-7-14)27-21(18-5-3-4-12-26-18)20(23(29)24(27)30)22(28)15-8-11-17(25)19(13-15)31-2/h3-13,21,28H,1-2H3/b22-20-. The highest BCUT2D eigenvalue weighted by molar-refractivity contribution is 6.51. The first-order valence-corrected chi connectivity index (χ1v) is 9.92. The Balaban J connectivity index is 1.93. The summed E-state index contributed by atoms with van der Waals surface area (Å²) in [6, 6.07) is 16.2. The maximum atomic E-state index is 13.1. The van der Waals surface area contributed by atoms with Crippen LogP contribution in [0.2, 0.25) is 5.02 Å². The van der Waals surface area contributed by atoms with Crippen molar-refractivity contribution in [2.24, 2.45) is 0 Å². The van der Waals surface area contributed by atoms with Crippen molar-refractivity contribution in [1.82, 2.24) is 4.98 Å². The van der Waals surface area contributed by atoms with E-state index in [2.05, 4.69) is 4.98 Å². The number of carbonyl (C=O) groups excluding carboxylic acids is 2. The van der Waals surface area contributed by atoms with E-state index in [1.807, 2.05) is 19.1 Å². The van der Waals surface area contributed by atoms with Gasteiger partial charge in [0, 0.05) is 17.4 Å². The Morgan fingerprint density at radius 3 is 2.48 bits per heavy atom. The van der Waals surface area contributed by atoms with E-state index in [0.29, 0.717) is 27.7 Å². The molecule has 0 spiro atoms. The highest BCUT2D eigenvalue weighted by Crippen LogP contribution is 2.42. The van der Waals surface area contributed by atoms with Gasteiger partial charge in [-0.15, -0.1) is 0 Å². The minimum Gasteiger partial charge on any atom is -0.507 e. The normalized spacial score (nSPS) is 17.8. The summed E-state index contributed by atoms with van der Waals surface area (Å²) in [7, 11) is 1.45. The van der Waals surface area contributed by atoms with Crippen LogP contribution in [0.1, 0.15) is 22.9 Å². The largest absolute Gasteiger partial charge is 0.507 e. The minimum atomic E-state index is -0.884. The van der Waals surface area contributed by atoms with Crippen molar-refractivity contribution < 1.29 is 19.4 Å². The fourth-order valence-electron chi connectivity index (χ4n) is 3.58. The monoisotopic (exact) mass is 434 g/mol. The molecule has 1 fully saturated rings. The summed E-state index contributed by atoms with van der Waals surface area (Å²) in [4.78, 5) is 31.9. The predicted molar refractivity (Wildman–Crippen MR) is 118 cm³/mol. The van der Waals surface area contributed by atoms with Crippen molar-refractivity contribution in [3.63, 3.8) is 0 Å². The van der Waals surface area contributed by atoms with E-state index in [4.69, 9.17) is 16.3 Å². The van der Waals surface area contributed by atoms with Crippen LogP contribution in [-0.4, -0.2) is 28.9 Å². The van der Waals surface area contributed by atoms with Crippen LogP contribution in [0.5, 0.6) is 5.75 Å². The molecule has 31 heavy (non-hydrogen) atoms. The van der Waals surface area contributed by atoms with Gasteiger partial charge in [-0.1, -0.05) is 35.4 Å². The number of amides is 1. The van der Waals surface area contributed by atoms with Crippen LogP contribution < -0.4 is 9.64 Å². The van der Waals surface area contributed by atoms with E-state index in [1.54, 1.807) is 48.7 Å². The first kappa shape index (κ1) is 20.6. The lowest BCUT2D eigenvalue weighted by Gasteiger charge is -2.24. The molecule has 7 heteroatoms. The van der Waals surface area contributed by atoms with Gasteiger partial charge in [-0.3, -0.25) is 19.5 Å². The average molecular weight is 435 g/mol. The average Bonchev–Trinajstić information content (AvgIpc) is 3.05. The van der Waals surface area contributed by atoms with Gasteiger partial charge >= 0.3 is 0 Å². The third kappa shape index (κ3) is 3.66. The second-order valence-electron chi connectivity index (χ2n) is 7.11. The molecule has 2 heterocycles. The smallest absolute Gasteiger partial charge is 0.300 e. The molecular formula is C24H19ClN2O4. The summed E-state index contributed by atoms with van der Waals surface area (Å²) in [5.74, 6) is -1.50. The Bertz CT molecular complexity index is 1190. The van der Waals surface area contributed by atoms with Gasteiger partial charge in [0.25, 0.3) is 11.7 Å². The Morgan fingerprint density at radius 2 is 1.84 bits per heavy atom. The lowest BCUT2D eigenvalue weighted by atomic mass is 9.98. The molecule has 1 amide bonds. The zero-order valence-corrected chi connectivity index (χ0v) is 17.6. The predicted octanol–water partition coefficient (Wildman–Crippen LogP) is 4.68. The van der Waals surface area contributed by atoms with Gasteiger partial charge in [0.2, 0.25) is 0 Å². The third-order valence-corrected chi connectivity index (χ3v) is 5.46. The Morgan fingerprint density at radius 1 is 1.10 bits per heavy atom. The number of aliphatic hydroxyl groups excluding tert-OH is 1. The van der Waals surface area contributed by atoms with Gasteiger partial charge in [-0.05, 0) is 49.4 Å². The zero-order valence-electron chi connectivity index (χ0n) is 16.9. The molecule has 1 saturated heterocycles. The molecule has 2 aromatic carbocycles. The maximum absolute atomic E-state index is 13.1. The molecule has 1 aromatic heterocycles. The highest BCUT2D eigenvalue weighted by atomic mass is 35.5. The number of anilines is 1. The summed E-state index contributed by atoms with van der Waals surface area (Å²) in [5, 5.41) is 11.5. The fraction of sp³-hybridized carbons (Fsp3) is 0.125. The van der Waals surface area contributed by atoms with E-state index in [0.717, 1.165) is 5.56 Å². The second kappa shape index (κ2) is 8.24. The molecule has 0 radical (unpaired) electrons. The first-order chi connectivity index (χ1) is 14.9. The molecule has 1 unspecified atom stereocenters. The van der Waals surface area contributed by atoms with Gasteiger partial charge in [0.15, 0.2) is 0 Å². The Labute approximate surface area is 184 Å². The maximum Gasteiger partial charge on any atom is 0.300 e. The number of ether oxygens (including phenoxy) is 1. The van der Waals surface area contributed by atoms with Gasteiger partial charge in [0.1, 0.15) is 17.6 Å². The molecule has 156 valence electrons. The number of methoxy groups -OCH3 is 1. The van der Waals surface area contributed by atoms with E-state index in [1.165, 1.54) is 18.1 Å². The molecule has 1 aliphatic rings. The number of benzene rings is 2. The van der Waals surface area contributed by atoms with Gasteiger partial charge in [0.05, 0.1) is 23.4 Å². The molecular weight excluding hydrogens is 416 g/mol. The van der Waals surface area contributed by atoms with E-state index >= 15 is 0 Å². The van der Waals surface area contributed by atoms with Gasteiger partial charge in [-0.25, -0.2) is 0 Å². The van der Waals surface area contributed by atoms with Crippen LogP contribution in [0.3, 0.4) is 0 Å². The number of aryl methyl sites for hydroxylation is 1. The number of aromatic nitrogens is 1. The van der Waals surface area contributed by atoms with E-state index in [-0.39, 0.29) is 11.3 Å². The number of hydrogen-bond acceptors (Lipinski definition) is 5. The quantitative estimate of drug-likeness (QED) is 0.366. The number of ketones is 1. The van der Waals surface area contributed by atoms with Crippen molar-refractivity contribution in [2.45, 2.75) is 13.0 Å². The molecule has 0 saturated carbocycles. The lowest BCUT2D eigenvalue weighted by molar-refractivity contribution is -0.132. The third-order valence-electron chi connectivity index (χ3n) is 5.15. The first-order valence-electron chi connectivity index (χ1n) is 9.55. The molecule has 6 nitrogen and oxygen atoms in total. The van der Waals surface area contributed by atoms with E-state index in [9.17, 15) is 14.7 Å². The summed E-state index contributed by atoms with van der Waals surface area (Å²) >= 11 is 6.09. The number of carbonyl (C=O) groups is 2. The number of hydrogen-bond donors (Lipinski definition) is 1. The van der Waals surface area contributed by atoms with Crippen LogP contribution in [0.4, 0.5) is 5.69 Å².